The smallest absolute Gasteiger partial charge is 0.228 e. The third-order valence-electron chi connectivity index (χ3n) is 6.98. The third-order valence-corrected chi connectivity index (χ3v) is 6.98. The van der Waals surface area contributed by atoms with Gasteiger partial charge < -0.3 is 9.30 Å². The van der Waals surface area contributed by atoms with Crippen molar-refractivity contribution in [2.45, 2.75) is 40.2 Å². The van der Waals surface area contributed by atoms with Crippen LogP contribution >= 0.6 is 0 Å². The molecule has 5 heteroatoms. The van der Waals surface area contributed by atoms with Gasteiger partial charge in [0.2, 0.25) is 5.91 Å². The molecule has 0 saturated carbocycles. The van der Waals surface area contributed by atoms with Crippen molar-refractivity contribution in [3.8, 4) is 11.3 Å². The molecule has 0 radical (unpaired) electrons. The number of carbonyl (C=O) groups is 1. The van der Waals surface area contributed by atoms with Gasteiger partial charge in [0, 0.05) is 43.2 Å². The van der Waals surface area contributed by atoms with Gasteiger partial charge in [-0.3, -0.25) is 9.78 Å². The summed E-state index contributed by atoms with van der Waals surface area (Å²) in [5.74, 6) is 0.0770. The Morgan fingerprint density at radius 2 is 1.68 bits per heavy atom. The van der Waals surface area contributed by atoms with E-state index in [4.69, 9.17) is 4.98 Å². The van der Waals surface area contributed by atoms with E-state index in [0.717, 1.165) is 39.4 Å². The topological polar surface area (TPSA) is 50.5 Å². The molecular weight excluding hydrogens is 456 g/mol. The Kier molecular flexibility index (Phi) is 7.13. The predicted molar refractivity (Wildman–Crippen MR) is 148 cm³/mol. The molecule has 5 nitrogen and oxygen atoms in total. The number of benzene rings is 2. The van der Waals surface area contributed by atoms with Gasteiger partial charge in [-0.15, -0.1) is 0 Å². The maximum Gasteiger partial charge on any atom is 0.228 e. The predicted octanol–water partition coefficient (Wildman–Crippen LogP) is 6.14. The molecule has 0 aliphatic carbocycles. The normalized spacial score (nSPS) is 11.1. The van der Waals surface area contributed by atoms with Crippen LogP contribution in [-0.2, 0) is 24.2 Å². The molecule has 0 saturated heterocycles. The molecule has 2 aromatic carbocycles. The zero-order chi connectivity index (χ0) is 25.8. The molecule has 0 atom stereocenters. The van der Waals surface area contributed by atoms with Gasteiger partial charge in [-0.05, 0) is 67.3 Å². The van der Waals surface area contributed by atoms with Crippen molar-refractivity contribution in [3.05, 3.63) is 125 Å². The Morgan fingerprint density at radius 3 is 2.43 bits per heavy atom. The van der Waals surface area contributed by atoms with Crippen molar-refractivity contribution in [1.82, 2.24) is 19.3 Å². The minimum absolute atomic E-state index is 0.0770. The van der Waals surface area contributed by atoms with E-state index in [1.165, 1.54) is 11.1 Å². The number of pyridine rings is 2. The van der Waals surface area contributed by atoms with Gasteiger partial charge in [-0.2, -0.15) is 0 Å². The SMILES string of the molecule is Cc1ccc(-c2nc3c(C)cccn3c2CC(=O)N(CCc2ccccn2)Cc2ccccc2)cc1C. The number of aromatic nitrogens is 3. The Morgan fingerprint density at radius 1 is 0.865 bits per heavy atom. The summed E-state index contributed by atoms with van der Waals surface area (Å²) in [5.41, 5.74) is 9.35. The minimum atomic E-state index is 0.0770. The van der Waals surface area contributed by atoms with Crippen LogP contribution in [0.25, 0.3) is 16.9 Å². The first-order valence-corrected chi connectivity index (χ1v) is 12.8. The molecule has 0 fully saturated rings. The molecule has 5 rings (SSSR count). The largest absolute Gasteiger partial charge is 0.338 e. The molecule has 5 aromatic rings. The van der Waals surface area contributed by atoms with Crippen LogP contribution in [0, 0.1) is 20.8 Å². The average molecular weight is 489 g/mol. The van der Waals surface area contributed by atoms with Gasteiger partial charge in [-0.25, -0.2) is 4.98 Å². The van der Waals surface area contributed by atoms with Gasteiger partial charge in [-0.1, -0.05) is 54.6 Å². The summed E-state index contributed by atoms with van der Waals surface area (Å²) in [5, 5.41) is 0. The lowest BCUT2D eigenvalue weighted by Crippen LogP contribution is -2.34. The summed E-state index contributed by atoms with van der Waals surface area (Å²) in [6, 6.07) is 26.6. The summed E-state index contributed by atoms with van der Waals surface area (Å²) in [7, 11) is 0. The summed E-state index contributed by atoms with van der Waals surface area (Å²) < 4.78 is 2.08. The second kappa shape index (κ2) is 10.8. The van der Waals surface area contributed by atoms with Gasteiger partial charge in [0.1, 0.15) is 5.65 Å². The molecular formula is C32H32N4O. The standard InChI is InChI=1S/C32H32N4O/c1-23-14-15-27(20-25(23)3)31-29(36-18-9-10-24(2)32(36)34-31)21-30(37)35(22-26-11-5-4-6-12-26)19-16-28-13-7-8-17-33-28/h4-15,17-18,20H,16,19,21-22H2,1-3H3. The van der Waals surface area contributed by atoms with Crippen LogP contribution in [0.3, 0.4) is 0 Å². The first kappa shape index (κ1) is 24.4. The highest BCUT2D eigenvalue weighted by molar-refractivity contribution is 5.82. The first-order valence-electron chi connectivity index (χ1n) is 12.8. The van der Waals surface area contributed by atoms with E-state index in [9.17, 15) is 4.79 Å². The van der Waals surface area contributed by atoms with Crippen LogP contribution in [0.4, 0.5) is 0 Å². The lowest BCUT2D eigenvalue weighted by atomic mass is 10.0. The van der Waals surface area contributed by atoms with Crippen LogP contribution in [-0.4, -0.2) is 31.7 Å². The molecule has 1 amide bonds. The van der Waals surface area contributed by atoms with Gasteiger partial charge >= 0.3 is 0 Å². The summed E-state index contributed by atoms with van der Waals surface area (Å²) in [4.78, 5) is 25.4. The summed E-state index contributed by atoms with van der Waals surface area (Å²) in [6.45, 7) is 7.44. The number of amides is 1. The highest BCUT2D eigenvalue weighted by atomic mass is 16.2. The Balaban J connectivity index is 1.50. The third kappa shape index (κ3) is 5.46. The summed E-state index contributed by atoms with van der Waals surface area (Å²) >= 11 is 0. The monoisotopic (exact) mass is 488 g/mol. The second-order valence-electron chi connectivity index (χ2n) is 9.64. The zero-order valence-corrected chi connectivity index (χ0v) is 21.7. The van der Waals surface area contributed by atoms with Crippen molar-refractivity contribution in [2.75, 3.05) is 6.54 Å². The maximum absolute atomic E-state index is 13.9. The van der Waals surface area contributed by atoms with E-state index in [-0.39, 0.29) is 12.3 Å². The fraction of sp³-hybridized carbons (Fsp3) is 0.219. The van der Waals surface area contributed by atoms with Crippen LogP contribution in [0.1, 0.15) is 33.6 Å². The van der Waals surface area contributed by atoms with Crippen molar-refractivity contribution >= 4 is 11.6 Å². The highest BCUT2D eigenvalue weighted by Gasteiger charge is 2.22. The number of fused-ring (bicyclic) bond motifs is 1. The van der Waals surface area contributed by atoms with Crippen molar-refractivity contribution in [3.63, 3.8) is 0 Å². The highest BCUT2D eigenvalue weighted by Crippen LogP contribution is 2.28. The fourth-order valence-electron chi connectivity index (χ4n) is 4.69. The van der Waals surface area contributed by atoms with E-state index in [2.05, 4.69) is 66.6 Å². The number of carbonyl (C=O) groups excluding carboxylic acids is 1. The van der Waals surface area contributed by atoms with E-state index in [0.29, 0.717) is 19.5 Å². The molecule has 0 unspecified atom stereocenters. The van der Waals surface area contributed by atoms with Crippen LogP contribution in [0.15, 0.2) is 91.3 Å². The number of imidazole rings is 1. The zero-order valence-electron chi connectivity index (χ0n) is 21.7. The number of hydrogen-bond donors (Lipinski definition) is 0. The number of aryl methyl sites for hydroxylation is 3. The molecule has 0 spiro atoms. The molecule has 3 heterocycles. The Labute approximate surface area is 218 Å². The lowest BCUT2D eigenvalue weighted by molar-refractivity contribution is -0.131. The van der Waals surface area contributed by atoms with Gasteiger partial charge in [0.05, 0.1) is 17.8 Å². The lowest BCUT2D eigenvalue weighted by Gasteiger charge is -2.23. The van der Waals surface area contributed by atoms with Crippen molar-refractivity contribution < 1.29 is 4.79 Å². The molecule has 0 N–H and O–H groups in total. The Hall–Kier alpha value is -4.25. The van der Waals surface area contributed by atoms with Gasteiger partial charge in [0.15, 0.2) is 0 Å². The van der Waals surface area contributed by atoms with Gasteiger partial charge in [0.25, 0.3) is 0 Å². The van der Waals surface area contributed by atoms with E-state index in [1.807, 2.05) is 53.6 Å². The van der Waals surface area contributed by atoms with Crippen molar-refractivity contribution in [1.29, 1.82) is 0 Å². The van der Waals surface area contributed by atoms with Crippen molar-refractivity contribution in [2.24, 2.45) is 0 Å². The van der Waals surface area contributed by atoms with E-state index in [1.54, 1.807) is 6.20 Å². The van der Waals surface area contributed by atoms with Crippen LogP contribution in [0.5, 0.6) is 0 Å². The summed E-state index contributed by atoms with van der Waals surface area (Å²) in [6.07, 6.45) is 4.78. The Bertz CT molecular complexity index is 1520. The number of hydrogen-bond acceptors (Lipinski definition) is 3. The second-order valence-corrected chi connectivity index (χ2v) is 9.64. The molecule has 37 heavy (non-hydrogen) atoms. The molecule has 186 valence electrons. The molecule has 0 aliphatic rings. The van der Waals surface area contributed by atoms with E-state index < -0.39 is 0 Å². The molecule has 0 aliphatic heterocycles. The number of nitrogens with zero attached hydrogens (tertiary/aromatic N) is 4. The number of rotatable bonds is 8. The molecule has 3 aromatic heterocycles. The van der Waals surface area contributed by atoms with Crippen LogP contribution in [0.2, 0.25) is 0 Å². The van der Waals surface area contributed by atoms with E-state index >= 15 is 0 Å². The fourth-order valence-corrected chi connectivity index (χ4v) is 4.69. The maximum atomic E-state index is 13.9. The quantitative estimate of drug-likeness (QED) is 0.264. The average Bonchev–Trinajstić information content (AvgIpc) is 3.28. The molecule has 0 bridgehead atoms. The van der Waals surface area contributed by atoms with Crippen LogP contribution < -0.4 is 0 Å². The minimum Gasteiger partial charge on any atom is -0.338 e. The first-order chi connectivity index (χ1) is 18.0.